The van der Waals surface area contributed by atoms with Gasteiger partial charge in [-0.25, -0.2) is 0 Å². The highest BCUT2D eigenvalue weighted by atomic mass is 32.2. The first-order valence-electron chi connectivity index (χ1n) is 17.2. The molecule has 1 saturated heterocycles. The Morgan fingerprint density at radius 1 is 0.773 bits per heavy atom. The summed E-state index contributed by atoms with van der Waals surface area (Å²) in [5.41, 5.74) is 3.94. The monoisotopic (exact) mass is 627 g/mol. The van der Waals surface area contributed by atoms with E-state index in [1.165, 1.54) is 70.6 Å². The van der Waals surface area contributed by atoms with Gasteiger partial charge in [0.2, 0.25) is 5.91 Å². The van der Waals surface area contributed by atoms with Crippen molar-refractivity contribution in [1.29, 1.82) is 0 Å². The lowest BCUT2D eigenvalue weighted by Crippen LogP contribution is -2.31. The van der Waals surface area contributed by atoms with Crippen molar-refractivity contribution in [3.05, 3.63) is 70.8 Å². The van der Waals surface area contributed by atoms with E-state index in [9.17, 15) is 15.0 Å². The normalized spacial score (nSPS) is 18.4. The average Bonchev–Trinajstić information content (AvgIpc) is 3.06. The summed E-state index contributed by atoms with van der Waals surface area (Å²) in [6, 6.07) is 16.0. The molecule has 0 aliphatic carbocycles. The first-order valence-corrected chi connectivity index (χ1v) is 18.3. The molecule has 0 saturated carbocycles. The first-order chi connectivity index (χ1) is 21.6. The van der Waals surface area contributed by atoms with Crippen LogP contribution in [-0.2, 0) is 27.4 Å². The molecule has 0 aromatic heterocycles. The third-order valence-electron chi connectivity index (χ3n) is 8.40. The van der Waals surface area contributed by atoms with E-state index in [1.807, 2.05) is 48.5 Å². The Morgan fingerprint density at radius 3 is 1.93 bits per heavy atom. The van der Waals surface area contributed by atoms with Crippen molar-refractivity contribution in [2.45, 2.75) is 135 Å². The molecule has 3 atom stereocenters. The fourth-order valence-corrected chi connectivity index (χ4v) is 6.46. The van der Waals surface area contributed by atoms with Crippen LogP contribution in [0, 0.1) is 0 Å². The van der Waals surface area contributed by atoms with Gasteiger partial charge in [-0.2, -0.15) is 11.8 Å². The molecule has 1 aliphatic rings. The van der Waals surface area contributed by atoms with Crippen molar-refractivity contribution < 1.29 is 24.5 Å². The summed E-state index contributed by atoms with van der Waals surface area (Å²) in [5.74, 6) is 1.59. The number of hydrogen-bond acceptors (Lipinski definition) is 6. The Kier molecular flexibility index (Phi) is 18.8. The van der Waals surface area contributed by atoms with Crippen LogP contribution in [0.2, 0.25) is 0 Å². The number of thioether (sulfide) groups is 1. The minimum Gasteiger partial charge on any atom is -0.396 e. The van der Waals surface area contributed by atoms with Crippen LogP contribution in [0.4, 0.5) is 0 Å². The van der Waals surface area contributed by atoms with Crippen molar-refractivity contribution in [1.82, 2.24) is 5.32 Å². The summed E-state index contributed by atoms with van der Waals surface area (Å²) in [6.45, 7) is 2.96. The van der Waals surface area contributed by atoms with Gasteiger partial charge in [0.25, 0.3) is 0 Å². The molecule has 1 aliphatic heterocycles. The summed E-state index contributed by atoms with van der Waals surface area (Å²) < 4.78 is 12.7. The number of carbonyl (C=O) groups is 1. The fraction of sp³-hybridized carbons (Fsp3) is 0.649. The molecule has 246 valence electrons. The maximum absolute atomic E-state index is 12.4. The van der Waals surface area contributed by atoms with Gasteiger partial charge in [-0.05, 0) is 23.1 Å². The van der Waals surface area contributed by atoms with Crippen LogP contribution in [0.1, 0.15) is 138 Å². The number of hydrogen-bond donors (Lipinski definition) is 3. The van der Waals surface area contributed by atoms with Crippen LogP contribution < -0.4 is 5.32 Å². The standard InChI is InChI=1S/C37H57NO5S/c1-2-3-4-5-6-7-8-9-10-11-12-13-14-15-36(41)38-27-30-16-22-33(23-17-30)37-42-34(29-44-25-24-39)26-35(43-37)32-20-18-31(28-40)19-21-32/h16-23,34-35,37,39-40H,2-15,24-29H2,1H3,(H,38,41). The largest absolute Gasteiger partial charge is 0.396 e. The molecule has 44 heavy (non-hydrogen) atoms. The summed E-state index contributed by atoms with van der Waals surface area (Å²) in [4.78, 5) is 12.4. The van der Waals surface area contributed by atoms with Gasteiger partial charge < -0.3 is 25.0 Å². The Morgan fingerprint density at radius 2 is 1.34 bits per heavy atom. The maximum atomic E-state index is 12.4. The summed E-state index contributed by atoms with van der Waals surface area (Å²) >= 11 is 1.68. The number of ether oxygens (including phenoxy) is 2. The van der Waals surface area contributed by atoms with Gasteiger partial charge in [-0.3, -0.25) is 4.79 Å². The lowest BCUT2D eigenvalue weighted by atomic mass is 10.0. The molecule has 1 amide bonds. The van der Waals surface area contributed by atoms with E-state index in [2.05, 4.69) is 12.2 Å². The number of unbranched alkanes of at least 4 members (excludes halogenated alkanes) is 12. The van der Waals surface area contributed by atoms with Gasteiger partial charge in [-0.1, -0.05) is 133 Å². The van der Waals surface area contributed by atoms with E-state index in [1.54, 1.807) is 11.8 Å². The first kappa shape index (κ1) is 36.6. The Hall–Kier alpha value is -1.90. The Bertz CT molecular complexity index is 1020. The van der Waals surface area contributed by atoms with Crippen LogP contribution in [0.5, 0.6) is 0 Å². The van der Waals surface area contributed by atoms with Crippen molar-refractivity contribution in [2.75, 3.05) is 18.1 Å². The molecule has 1 fully saturated rings. The number of aliphatic hydroxyl groups excluding tert-OH is 2. The zero-order valence-corrected chi connectivity index (χ0v) is 27.8. The molecule has 6 nitrogen and oxygen atoms in total. The summed E-state index contributed by atoms with van der Waals surface area (Å²) in [6.07, 6.45) is 17.7. The lowest BCUT2D eigenvalue weighted by Gasteiger charge is -2.36. The molecular formula is C37H57NO5S. The molecule has 0 radical (unpaired) electrons. The second-order valence-electron chi connectivity index (χ2n) is 12.2. The molecule has 3 unspecified atom stereocenters. The van der Waals surface area contributed by atoms with Gasteiger partial charge in [0.1, 0.15) is 0 Å². The number of carbonyl (C=O) groups excluding carboxylic acids is 1. The zero-order chi connectivity index (χ0) is 31.2. The van der Waals surface area contributed by atoms with Crippen molar-refractivity contribution in [3.8, 4) is 0 Å². The minimum absolute atomic E-state index is 0.00288. The average molecular weight is 628 g/mol. The molecular weight excluding hydrogens is 570 g/mol. The molecule has 1 heterocycles. The van der Waals surface area contributed by atoms with E-state index in [-0.39, 0.29) is 31.3 Å². The van der Waals surface area contributed by atoms with E-state index in [4.69, 9.17) is 9.47 Å². The van der Waals surface area contributed by atoms with E-state index in [0.29, 0.717) is 18.7 Å². The van der Waals surface area contributed by atoms with Crippen LogP contribution in [-0.4, -0.2) is 40.3 Å². The number of nitrogens with one attached hydrogen (secondary N) is 1. The number of benzene rings is 2. The summed E-state index contributed by atoms with van der Waals surface area (Å²) in [7, 11) is 0. The molecule has 7 heteroatoms. The fourth-order valence-electron chi connectivity index (χ4n) is 5.69. The second kappa shape index (κ2) is 22.6. The van der Waals surface area contributed by atoms with E-state index in [0.717, 1.165) is 47.3 Å². The van der Waals surface area contributed by atoms with Crippen LogP contribution in [0.3, 0.4) is 0 Å². The topological polar surface area (TPSA) is 88.0 Å². The lowest BCUT2D eigenvalue weighted by molar-refractivity contribution is -0.245. The van der Waals surface area contributed by atoms with Crippen molar-refractivity contribution >= 4 is 17.7 Å². The number of rotatable bonds is 23. The smallest absolute Gasteiger partial charge is 0.220 e. The highest BCUT2D eigenvalue weighted by Crippen LogP contribution is 2.38. The maximum Gasteiger partial charge on any atom is 0.220 e. The molecule has 0 bridgehead atoms. The minimum atomic E-state index is -0.495. The Labute approximate surface area is 270 Å². The van der Waals surface area contributed by atoms with Gasteiger partial charge in [-0.15, -0.1) is 0 Å². The predicted molar refractivity (Wildman–Crippen MR) is 181 cm³/mol. The predicted octanol–water partition coefficient (Wildman–Crippen LogP) is 8.55. The highest BCUT2D eigenvalue weighted by Gasteiger charge is 2.32. The van der Waals surface area contributed by atoms with Gasteiger partial charge in [0.05, 0.1) is 25.4 Å². The van der Waals surface area contributed by atoms with Gasteiger partial charge in [0, 0.05) is 36.5 Å². The molecule has 3 N–H and O–H groups in total. The zero-order valence-electron chi connectivity index (χ0n) is 27.0. The number of aliphatic hydroxyl groups is 2. The summed E-state index contributed by atoms with van der Waals surface area (Å²) in [5, 5.41) is 21.7. The molecule has 2 aromatic rings. The van der Waals surface area contributed by atoms with Gasteiger partial charge in [0.15, 0.2) is 6.29 Å². The van der Waals surface area contributed by atoms with Gasteiger partial charge >= 0.3 is 0 Å². The van der Waals surface area contributed by atoms with E-state index < -0.39 is 6.29 Å². The third-order valence-corrected chi connectivity index (χ3v) is 9.48. The molecule has 3 rings (SSSR count). The number of amides is 1. The third kappa shape index (κ3) is 14.5. The highest BCUT2D eigenvalue weighted by molar-refractivity contribution is 7.99. The van der Waals surface area contributed by atoms with Crippen molar-refractivity contribution in [2.24, 2.45) is 0 Å². The SMILES string of the molecule is CCCCCCCCCCCCCCCC(=O)NCc1ccc(C2OC(CSCCO)CC(c3ccc(CO)cc3)O2)cc1. The van der Waals surface area contributed by atoms with Crippen LogP contribution in [0.15, 0.2) is 48.5 Å². The Balaban J connectivity index is 1.34. The molecule has 0 spiro atoms. The quantitative estimate of drug-likeness (QED) is 0.107. The second-order valence-corrected chi connectivity index (χ2v) is 13.3. The molecule has 2 aromatic carbocycles. The van der Waals surface area contributed by atoms with E-state index >= 15 is 0 Å². The van der Waals surface area contributed by atoms with Crippen LogP contribution >= 0.6 is 11.8 Å². The van der Waals surface area contributed by atoms with Crippen molar-refractivity contribution in [3.63, 3.8) is 0 Å². The van der Waals surface area contributed by atoms with Crippen LogP contribution in [0.25, 0.3) is 0 Å².